The summed E-state index contributed by atoms with van der Waals surface area (Å²) < 4.78 is 0. The lowest BCUT2D eigenvalue weighted by molar-refractivity contribution is -0.116. The lowest BCUT2D eigenvalue weighted by Gasteiger charge is -2.18. The first-order valence-corrected chi connectivity index (χ1v) is 10.7. The van der Waals surface area contributed by atoms with Crippen molar-refractivity contribution in [3.63, 3.8) is 0 Å². The maximum Gasteiger partial charge on any atom is 0.266 e. The first-order chi connectivity index (χ1) is 14.8. The molecule has 1 heterocycles. The Bertz CT molecular complexity index is 1210. The monoisotopic (exact) mass is 490 g/mol. The molecule has 0 spiro atoms. The summed E-state index contributed by atoms with van der Waals surface area (Å²) in [5.74, 6) is -0.906. The van der Waals surface area contributed by atoms with Gasteiger partial charge in [-0.15, -0.1) is 11.3 Å². The van der Waals surface area contributed by atoms with E-state index in [4.69, 9.17) is 34.8 Å². The van der Waals surface area contributed by atoms with Crippen molar-refractivity contribution >= 4 is 80.5 Å². The van der Waals surface area contributed by atoms with Crippen LogP contribution in [-0.4, -0.2) is 16.8 Å². The number of hydrogen-bond acceptors (Lipinski definition) is 5. The van der Waals surface area contributed by atoms with Gasteiger partial charge in [0, 0.05) is 33.1 Å². The van der Waals surface area contributed by atoms with Crippen molar-refractivity contribution in [2.75, 3.05) is 10.2 Å². The second kappa shape index (κ2) is 9.94. The van der Waals surface area contributed by atoms with Crippen LogP contribution in [0.2, 0.25) is 15.1 Å². The molecule has 6 nitrogen and oxygen atoms in total. The Balaban J connectivity index is 1.86. The molecule has 3 aromatic rings. The SMILES string of the molecule is CC(=O)N(c1cccc(Cl)c1)c1nc(/C=C(\C#N)C(=O)Nc2cc(Cl)cc(Cl)c2)cs1. The highest BCUT2D eigenvalue weighted by atomic mass is 35.5. The van der Waals surface area contributed by atoms with Gasteiger partial charge in [0.2, 0.25) is 5.91 Å². The van der Waals surface area contributed by atoms with Gasteiger partial charge >= 0.3 is 0 Å². The summed E-state index contributed by atoms with van der Waals surface area (Å²) in [4.78, 5) is 30.5. The molecule has 0 saturated heterocycles. The summed E-state index contributed by atoms with van der Waals surface area (Å²) in [7, 11) is 0. The highest BCUT2D eigenvalue weighted by molar-refractivity contribution is 7.14. The first-order valence-electron chi connectivity index (χ1n) is 8.68. The number of halogens is 3. The summed E-state index contributed by atoms with van der Waals surface area (Å²) >= 11 is 19.1. The molecule has 2 amide bonds. The minimum Gasteiger partial charge on any atom is -0.321 e. The van der Waals surface area contributed by atoms with Gasteiger partial charge in [0.05, 0.1) is 11.4 Å². The highest BCUT2D eigenvalue weighted by Gasteiger charge is 2.19. The van der Waals surface area contributed by atoms with Crippen LogP contribution < -0.4 is 10.2 Å². The number of thiazole rings is 1. The predicted octanol–water partition coefficient (Wildman–Crippen LogP) is 6.33. The molecule has 1 N–H and O–H groups in total. The Hall–Kier alpha value is -2.89. The molecule has 0 saturated carbocycles. The normalized spacial score (nSPS) is 11.0. The van der Waals surface area contributed by atoms with E-state index < -0.39 is 5.91 Å². The van der Waals surface area contributed by atoms with Crippen LogP contribution in [0.1, 0.15) is 12.6 Å². The number of rotatable bonds is 5. The third kappa shape index (κ3) is 5.84. The van der Waals surface area contributed by atoms with E-state index in [0.29, 0.717) is 37.3 Å². The fraction of sp³-hybridized carbons (Fsp3) is 0.0476. The number of anilines is 3. The summed E-state index contributed by atoms with van der Waals surface area (Å²) in [6.45, 7) is 1.40. The molecule has 2 aromatic carbocycles. The van der Waals surface area contributed by atoms with Crippen LogP contribution in [0.5, 0.6) is 0 Å². The predicted molar refractivity (Wildman–Crippen MR) is 125 cm³/mol. The Morgan fingerprint density at radius 3 is 2.45 bits per heavy atom. The van der Waals surface area contributed by atoms with E-state index in [9.17, 15) is 14.9 Å². The number of hydrogen-bond donors (Lipinski definition) is 1. The Kier molecular flexibility index (Phi) is 7.31. The van der Waals surface area contributed by atoms with E-state index in [0.717, 1.165) is 0 Å². The first kappa shape index (κ1) is 22.8. The van der Waals surface area contributed by atoms with Crippen LogP contribution in [0.25, 0.3) is 6.08 Å². The van der Waals surface area contributed by atoms with E-state index in [1.54, 1.807) is 29.6 Å². The molecule has 0 aliphatic heterocycles. The molecule has 1 aromatic heterocycles. The zero-order chi connectivity index (χ0) is 22.5. The number of carbonyl (C=O) groups excluding carboxylic acids is 2. The topological polar surface area (TPSA) is 86.1 Å². The smallest absolute Gasteiger partial charge is 0.266 e. The average molecular weight is 492 g/mol. The van der Waals surface area contributed by atoms with E-state index in [-0.39, 0.29) is 11.5 Å². The molecule has 0 bridgehead atoms. The lowest BCUT2D eigenvalue weighted by Crippen LogP contribution is -2.22. The minimum absolute atomic E-state index is 0.176. The number of aromatic nitrogens is 1. The molecule has 3 rings (SSSR count). The van der Waals surface area contributed by atoms with Gasteiger partial charge in [-0.3, -0.25) is 14.5 Å². The van der Waals surface area contributed by atoms with Crippen molar-refractivity contribution in [2.24, 2.45) is 0 Å². The molecular weight excluding hydrogens is 479 g/mol. The molecular formula is C21H13Cl3N4O2S. The van der Waals surface area contributed by atoms with Crippen LogP contribution in [0.3, 0.4) is 0 Å². The van der Waals surface area contributed by atoms with Gasteiger partial charge in [0.15, 0.2) is 5.13 Å². The number of benzene rings is 2. The van der Waals surface area contributed by atoms with Crippen molar-refractivity contribution < 1.29 is 9.59 Å². The van der Waals surface area contributed by atoms with Crippen molar-refractivity contribution in [1.82, 2.24) is 4.98 Å². The second-order valence-corrected chi connectivity index (χ2v) is 8.32. The van der Waals surface area contributed by atoms with Gasteiger partial charge in [-0.2, -0.15) is 5.26 Å². The van der Waals surface area contributed by atoms with Gasteiger partial charge in [-0.25, -0.2) is 4.98 Å². The van der Waals surface area contributed by atoms with Gasteiger partial charge in [-0.05, 0) is 42.5 Å². The summed E-state index contributed by atoms with van der Waals surface area (Å²) in [5, 5.41) is 15.2. The van der Waals surface area contributed by atoms with E-state index >= 15 is 0 Å². The Morgan fingerprint density at radius 1 is 1.13 bits per heavy atom. The zero-order valence-corrected chi connectivity index (χ0v) is 19.0. The van der Waals surface area contributed by atoms with Crippen LogP contribution in [0.4, 0.5) is 16.5 Å². The molecule has 0 atom stereocenters. The van der Waals surface area contributed by atoms with Crippen LogP contribution in [0, 0.1) is 11.3 Å². The third-order valence-corrected chi connectivity index (χ3v) is 5.38. The van der Waals surface area contributed by atoms with E-state index in [1.165, 1.54) is 47.4 Å². The van der Waals surface area contributed by atoms with E-state index in [1.807, 2.05) is 6.07 Å². The lowest BCUT2D eigenvalue weighted by atomic mass is 10.2. The molecule has 0 aliphatic carbocycles. The standard InChI is InChI=1S/C21H13Cl3N4O2S/c1-12(29)28(19-4-2-3-14(22)9-19)21-27-18(11-31-21)5-13(10-25)20(30)26-17-7-15(23)6-16(24)8-17/h2-9,11H,1H3,(H,26,30)/b13-5+. The van der Waals surface area contributed by atoms with Crippen LogP contribution in [-0.2, 0) is 9.59 Å². The maximum absolute atomic E-state index is 12.5. The molecule has 0 aliphatic rings. The zero-order valence-electron chi connectivity index (χ0n) is 15.9. The molecule has 0 fully saturated rings. The van der Waals surface area contributed by atoms with Crippen molar-refractivity contribution in [3.8, 4) is 6.07 Å². The second-order valence-electron chi connectivity index (χ2n) is 6.17. The molecule has 0 radical (unpaired) electrons. The summed E-state index contributed by atoms with van der Waals surface area (Å²) in [6.07, 6.45) is 1.33. The quantitative estimate of drug-likeness (QED) is 0.333. The third-order valence-electron chi connectivity index (χ3n) is 3.86. The van der Waals surface area contributed by atoms with Gasteiger partial charge in [0.1, 0.15) is 11.6 Å². The van der Waals surface area contributed by atoms with Crippen LogP contribution >= 0.6 is 46.1 Å². The maximum atomic E-state index is 12.5. The fourth-order valence-electron chi connectivity index (χ4n) is 2.61. The van der Waals surface area contributed by atoms with E-state index in [2.05, 4.69) is 10.3 Å². The van der Waals surface area contributed by atoms with Gasteiger partial charge in [-0.1, -0.05) is 40.9 Å². The molecule has 10 heteroatoms. The molecule has 31 heavy (non-hydrogen) atoms. The Morgan fingerprint density at radius 2 is 1.84 bits per heavy atom. The van der Waals surface area contributed by atoms with Crippen LogP contribution in [0.15, 0.2) is 53.4 Å². The number of nitrogens with zero attached hydrogens (tertiary/aromatic N) is 3. The van der Waals surface area contributed by atoms with Crippen molar-refractivity contribution in [3.05, 3.63) is 74.2 Å². The fourth-order valence-corrected chi connectivity index (χ4v) is 4.16. The summed E-state index contributed by atoms with van der Waals surface area (Å²) in [5.41, 5.74) is 1.08. The minimum atomic E-state index is -0.645. The van der Waals surface area contributed by atoms with Crippen molar-refractivity contribution in [2.45, 2.75) is 6.92 Å². The summed E-state index contributed by atoms with van der Waals surface area (Å²) in [6, 6.07) is 13.2. The van der Waals surface area contributed by atoms with Gasteiger partial charge in [0.25, 0.3) is 5.91 Å². The number of nitrogens with one attached hydrogen (secondary N) is 1. The Labute approximate surface area is 197 Å². The molecule has 156 valence electrons. The average Bonchev–Trinajstić information content (AvgIpc) is 3.13. The number of carbonyl (C=O) groups is 2. The van der Waals surface area contributed by atoms with Gasteiger partial charge < -0.3 is 5.32 Å². The van der Waals surface area contributed by atoms with Crippen molar-refractivity contribution in [1.29, 1.82) is 5.26 Å². The number of amides is 2. The highest BCUT2D eigenvalue weighted by Crippen LogP contribution is 2.31. The molecule has 0 unspecified atom stereocenters. The number of nitriles is 1. The largest absolute Gasteiger partial charge is 0.321 e.